The Hall–Kier alpha value is 0.190. The van der Waals surface area contributed by atoms with E-state index >= 15 is 0 Å². The van der Waals surface area contributed by atoms with Crippen molar-refractivity contribution in [3.05, 3.63) is 71.8 Å². The van der Waals surface area contributed by atoms with Crippen molar-refractivity contribution in [3.63, 3.8) is 0 Å². The van der Waals surface area contributed by atoms with Crippen LogP contribution in [0.25, 0.3) is 0 Å². The first-order chi connectivity index (χ1) is 11.6. The summed E-state index contributed by atoms with van der Waals surface area (Å²) in [7, 11) is 0. The Morgan fingerprint density at radius 1 is 0.680 bits per heavy atom. The molecule has 0 bridgehead atoms. The average Bonchev–Trinajstić information content (AvgIpc) is 2.60. The molecule has 25 heavy (non-hydrogen) atoms. The molecule has 0 N–H and O–H groups in total. The Labute approximate surface area is 168 Å². The molecule has 2 aromatic carbocycles. The summed E-state index contributed by atoms with van der Waals surface area (Å²) in [6.45, 7) is 10.0. The molecule has 2 nitrogen and oxygen atoms in total. The third-order valence-corrected chi connectivity index (χ3v) is 15.3. The molecule has 0 fully saturated rings. The van der Waals surface area contributed by atoms with E-state index in [2.05, 4.69) is 101 Å². The summed E-state index contributed by atoms with van der Waals surface area (Å²) in [6.07, 6.45) is 0. The SMILES string of the molecule is CC(C)(C[O][Hf]([Br])([Br])[O]CC(C)(C)c1ccccc1)c1ccccc1. The predicted molar refractivity (Wildman–Crippen MR) is 109 cm³/mol. The van der Waals surface area contributed by atoms with Crippen molar-refractivity contribution < 1.29 is 21.9 Å². The molecular weight excluding hydrogens is 611 g/mol. The van der Waals surface area contributed by atoms with Crippen LogP contribution < -0.4 is 0 Å². The standard InChI is InChI=1S/2C10H13O.2BrH.Hf/c2*1-10(2,8-11)9-6-4-3-5-7-9;;;/h2*3-7H,8H2,1-2H3;2*1H;/q2*-1;;;+4/p-2. The van der Waals surface area contributed by atoms with Crippen molar-refractivity contribution in [1.29, 1.82) is 0 Å². The van der Waals surface area contributed by atoms with Crippen molar-refractivity contribution >= 4 is 24.6 Å². The molecule has 0 saturated heterocycles. The fraction of sp³-hybridized carbons (Fsp3) is 0.400. The molecule has 0 spiro atoms. The van der Waals surface area contributed by atoms with Crippen LogP contribution in [0.1, 0.15) is 38.8 Å². The van der Waals surface area contributed by atoms with Crippen molar-refractivity contribution in [1.82, 2.24) is 0 Å². The summed E-state index contributed by atoms with van der Waals surface area (Å²) in [5.41, 5.74) is 2.41. The topological polar surface area (TPSA) is 18.5 Å². The van der Waals surface area contributed by atoms with Gasteiger partial charge in [-0.1, -0.05) is 0 Å². The van der Waals surface area contributed by atoms with Gasteiger partial charge in [0.2, 0.25) is 0 Å². The van der Waals surface area contributed by atoms with E-state index in [1.807, 2.05) is 12.1 Å². The first-order valence-electron chi connectivity index (χ1n) is 8.39. The van der Waals surface area contributed by atoms with Crippen molar-refractivity contribution in [2.45, 2.75) is 38.5 Å². The monoisotopic (exact) mass is 636 g/mol. The molecule has 2 rings (SSSR count). The molecule has 0 aliphatic rings. The minimum absolute atomic E-state index is 0.0631. The van der Waals surface area contributed by atoms with Gasteiger partial charge in [0.05, 0.1) is 0 Å². The van der Waals surface area contributed by atoms with E-state index < -0.39 is 16.2 Å². The van der Waals surface area contributed by atoms with Crippen LogP contribution in [0.15, 0.2) is 60.7 Å². The van der Waals surface area contributed by atoms with Crippen LogP contribution in [0.2, 0.25) is 0 Å². The van der Waals surface area contributed by atoms with E-state index in [0.717, 1.165) is 0 Å². The molecule has 0 amide bonds. The second kappa shape index (κ2) is 8.92. The molecule has 0 saturated carbocycles. The Bertz CT molecular complexity index is 600. The van der Waals surface area contributed by atoms with Crippen molar-refractivity contribution in [3.8, 4) is 0 Å². The van der Waals surface area contributed by atoms with E-state index in [9.17, 15) is 0 Å². The number of halogens is 2. The normalized spacial score (nSPS) is 13.0. The molecule has 0 aliphatic heterocycles. The van der Waals surface area contributed by atoms with Gasteiger partial charge in [-0.3, -0.25) is 0 Å². The van der Waals surface area contributed by atoms with Crippen LogP contribution in [0, 0.1) is 0 Å². The molecule has 0 unspecified atom stereocenters. The first-order valence-corrected chi connectivity index (χ1v) is 27.0. The van der Waals surface area contributed by atoms with E-state index in [0.29, 0.717) is 13.2 Å². The van der Waals surface area contributed by atoms with E-state index in [1.54, 1.807) is 0 Å². The number of hydrogen-bond acceptors (Lipinski definition) is 2. The molecule has 2 aromatic rings. The van der Waals surface area contributed by atoms with Gasteiger partial charge in [0, 0.05) is 0 Å². The van der Waals surface area contributed by atoms with Gasteiger partial charge < -0.3 is 0 Å². The van der Waals surface area contributed by atoms with Crippen LogP contribution in [0.3, 0.4) is 0 Å². The Kier molecular flexibility index (Phi) is 7.67. The fourth-order valence-electron chi connectivity index (χ4n) is 2.52. The van der Waals surface area contributed by atoms with E-state index in [1.165, 1.54) is 11.1 Å². The summed E-state index contributed by atoms with van der Waals surface area (Å²) >= 11 is 3.95. The minimum atomic E-state index is -3.50. The first kappa shape index (κ1) is 21.5. The summed E-state index contributed by atoms with van der Waals surface area (Å²) in [6, 6.07) is 20.9. The van der Waals surface area contributed by atoms with E-state index in [-0.39, 0.29) is 10.8 Å². The Morgan fingerprint density at radius 3 is 1.32 bits per heavy atom. The molecular formula is C20H26Br2HfO2. The van der Waals surface area contributed by atoms with Gasteiger partial charge in [-0.25, -0.2) is 0 Å². The summed E-state index contributed by atoms with van der Waals surface area (Å²) in [5.74, 6) is 0. The molecule has 0 aromatic heterocycles. The Morgan fingerprint density at radius 2 is 1.00 bits per heavy atom. The zero-order valence-corrected chi connectivity index (χ0v) is 22.0. The van der Waals surface area contributed by atoms with E-state index in [4.69, 9.17) is 5.71 Å². The predicted octanol–water partition coefficient (Wildman–Crippen LogP) is 6.58. The molecule has 0 aliphatic carbocycles. The van der Waals surface area contributed by atoms with Gasteiger partial charge in [-0.05, 0) is 0 Å². The van der Waals surface area contributed by atoms with Gasteiger partial charge in [-0.2, -0.15) is 0 Å². The molecule has 0 radical (unpaired) electrons. The van der Waals surface area contributed by atoms with Crippen molar-refractivity contribution in [2.24, 2.45) is 0 Å². The average molecular weight is 637 g/mol. The summed E-state index contributed by atoms with van der Waals surface area (Å²) < 4.78 is 12.4. The van der Waals surface area contributed by atoms with Gasteiger partial charge in [0.15, 0.2) is 0 Å². The van der Waals surface area contributed by atoms with Crippen LogP contribution >= 0.6 is 24.6 Å². The Balaban J connectivity index is 1.93. The summed E-state index contributed by atoms with van der Waals surface area (Å²) in [4.78, 5) is 0. The summed E-state index contributed by atoms with van der Waals surface area (Å²) in [5, 5.41) is 0. The van der Waals surface area contributed by atoms with Crippen LogP contribution in [-0.4, -0.2) is 13.2 Å². The van der Waals surface area contributed by atoms with Gasteiger partial charge >= 0.3 is 170 Å². The number of benzene rings is 2. The van der Waals surface area contributed by atoms with Gasteiger partial charge in [0.25, 0.3) is 0 Å². The van der Waals surface area contributed by atoms with Crippen molar-refractivity contribution in [2.75, 3.05) is 13.2 Å². The fourth-order valence-corrected chi connectivity index (χ4v) is 10.4. The maximum atomic E-state index is 6.21. The van der Waals surface area contributed by atoms with Crippen LogP contribution in [-0.2, 0) is 32.7 Å². The van der Waals surface area contributed by atoms with Crippen LogP contribution in [0.4, 0.5) is 0 Å². The van der Waals surface area contributed by atoms with Gasteiger partial charge in [0.1, 0.15) is 0 Å². The third kappa shape index (κ3) is 6.69. The van der Waals surface area contributed by atoms with Crippen LogP contribution in [0.5, 0.6) is 0 Å². The maximum absolute atomic E-state index is 6.21. The third-order valence-electron chi connectivity index (χ3n) is 4.31. The number of hydrogen-bond donors (Lipinski definition) is 0. The zero-order valence-electron chi connectivity index (χ0n) is 15.3. The second-order valence-electron chi connectivity index (χ2n) is 7.54. The quantitative estimate of drug-likeness (QED) is 0.305. The second-order valence-corrected chi connectivity index (χ2v) is 38.7. The molecule has 0 heterocycles. The molecule has 136 valence electrons. The number of rotatable bonds is 8. The molecule has 0 atom stereocenters. The van der Waals surface area contributed by atoms with Gasteiger partial charge in [-0.15, -0.1) is 0 Å². The molecule has 5 heteroatoms. The zero-order chi connectivity index (χ0) is 18.6.